The highest BCUT2D eigenvalue weighted by Gasteiger charge is 2.41. The number of halogens is 1. The quantitative estimate of drug-likeness (QED) is 0.658. The van der Waals surface area contributed by atoms with Gasteiger partial charge in [-0.3, -0.25) is 5.01 Å². The summed E-state index contributed by atoms with van der Waals surface area (Å²) in [5.74, 6) is 1.36. The Kier molecular flexibility index (Phi) is 3.61. The predicted molar refractivity (Wildman–Crippen MR) is 82.6 cm³/mol. The third kappa shape index (κ3) is 2.31. The van der Waals surface area contributed by atoms with E-state index in [9.17, 15) is 0 Å². The van der Waals surface area contributed by atoms with E-state index >= 15 is 0 Å². The standard InChI is InChI=1S/C11H17IN6O/c1-2-18-10-7(8(12)16-18)9(13)14-11(15-10)17-3-5-19-6-4-17/h7,10H,2-6H2,1H3,(H2,13,14,15). The number of morpholine rings is 1. The molecule has 0 aliphatic carbocycles. The highest BCUT2D eigenvalue weighted by atomic mass is 127. The van der Waals surface area contributed by atoms with E-state index < -0.39 is 0 Å². The molecule has 0 saturated carbocycles. The third-order valence-electron chi connectivity index (χ3n) is 3.50. The van der Waals surface area contributed by atoms with Gasteiger partial charge in [-0.25, -0.2) is 4.99 Å². The molecule has 0 aromatic heterocycles. The van der Waals surface area contributed by atoms with Crippen molar-refractivity contribution in [1.82, 2.24) is 9.91 Å². The maximum absolute atomic E-state index is 6.12. The molecule has 1 fully saturated rings. The van der Waals surface area contributed by atoms with E-state index in [1.54, 1.807) is 0 Å². The van der Waals surface area contributed by atoms with E-state index in [1.165, 1.54) is 0 Å². The van der Waals surface area contributed by atoms with E-state index in [4.69, 9.17) is 15.5 Å². The number of fused-ring (bicyclic) bond motifs is 1. The fraction of sp³-hybridized carbons (Fsp3) is 0.727. The summed E-state index contributed by atoms with van der Waals surface area (Å²) >= 11 is 2.23. The summed E-state index contributed by atoms with van der Waals surface area (Å²) in [5.41, 5.74) is 6.12. The number of ether oxygens (including phenoxy) is 1. The van der Waals surface area contributed by atoms with Crippen molar-refractivity contribution < 1.29 is 4.74 Å². The van der Waals surface area contributed by atoms with Crippen LogP contribution in [-0.4, -0.2) is 64.4 Å². The second-order valence-electron chi connectivity index (χ2n) is 4.63. The molecule has 104 valence electrons. The molecule has 0 bridgehead atoms. The van der Waals surface area contributed by atoms with Crippen molar-refractivity contribution in [3.05, 3.63) is 0 Å². The van der Waals surface area contributed by atoms with Crippen LogP contribution in [-0.2, 0) is 4.74 Å². The van der Waals surface area contributed by atoms with Crippen LogP contribution in [0.1, 0.15) is 6.92 Å². The van der Waals surface area contributed by atoms with Crippen LogP contribution in [0.3, 0.4) is 0 Å². The van der Waals surface area contributed by atoms with Crippen LogP contribution in [0.25, 0.3) is 0 Å². The molecule has 0 amide bonds. The molecule has 8 heteroatoms. The second kappa shape index (κ2) is 5.23. The highest BCUT2D eigenvalue weighted by Crippen LogP contribution is 2.29. The lowest BCUT2D eigenvalue weighted by Crippen LogP contribution is -2.48. The summed E-state index contributed by atoms with van der Waals surface area (Å²) in [4.78, 5) is 11.3. The largest absolute Gasteiger partial charge is 0.386 e. The first-order valence-electron chi connectivity index (χ1n) is 6.46. The summed E-state index contributed by atoms with van der Waals surface area (Å²) < 4.78 is 6.32. The zero-order valence-electron chi connectivity index (χ0n) is 10.8. The summed E-state index contributed by atoms with van der Waals surface area (Å²) in [7, 11) is 0. The van der Waals surface area contributed by atoms with Crippen molar-refractivity contribution in [2.24, 2.45) is 26.7 Å². The summed E-state index contributed by atoms with van der Waals surface area (Å²) in [5, 5.41) is 6.49. The lowest BCUT2D eigenvalue weighted by atomic mass is 10.1. The van der Waals surface area contributed by atoms with Gasteiger partial charge in [0.1, 0.15) is 15.5 Å². The van der Waals surface area contributed by atoms with Gasteiger partial charge in [-0.05, 0) is 29.5 Å². The number of hydrogen-bond donors (Lipinski definition) is 1. The van der Waals surface area contributed by atoms with Crippen LogP contribution >= 0.6 is 22.6 Å². The monoisotopic (exact) mass is 376 g/mol. The van der Waals surface area contributed by atoms with E-state index in [2.05, 4.69) is 44.5 Å². The summed E-state index contributed by atoms with van der Waals surface area (Å²) in [6.45, 7) is 5.96. The molecule has 3 aliphatic rings. The van der Waals surface area contributed by atoms with Crippen LogP contribution in [0, 0.1) is 5.92 Å². The lowest BCUT2D eigenvalue weighted by molar-refractivity contribution is 0.0667. The van der Waals surface area contributed by atoms with Gasteiger partial charge in [-0.15, -0.1) is 0 Å². The molecular formula is C11H17IN6O. The topological polar surface area (TPSA) is 78.8 Å². The molecule has 2 atom stereocenters. The Hall–Kier alpha value is -0.900. The Morgan fingerprint density at radius 2 is 2.16 bits per heavy atom. The first-order valence-corrected chi connectivity index (χ1v) is 7.53. The van der Waals surface area contributed by atoms with Gasteiger partial charge in [-0.1, -0.05) is 0 Å². The molecule has 3 rings (SSSR count). The molecule has 0 radical (unpaired) electrons. The number of nitrogens with two attached hydrogens (primary N) is 1. The van der Waals surface area contributed by atoms with Crippen molar-refractivity contribution in [3.63, 3.8) is 0 Å². The Balaban J connectivity index is 1.86. The smallest absolute Gasteiger partial charge is 0.224 e. The second-order valence-corrected chi connectivity index (χ2v) is 5.74. The minimum Gasteiger partial charge on any atom is -0.386 e. The first kappa shape index (κ1) is 13.1. The van der Waals surface area contributed by atoms with Crippen LogP contribution in [0.4, 0.5) is 0 Å². The van der Waals surface area contributed by atoms with Gasteiger partial charge in [0.2, 0.25) is 5.96 Å². The van der Waals surface area contributed by atoms with E-state index in [0.717, 1.165) is 29.3 Å². The van der Waals surface area contributed by atoms with Gasteiger partial charge in [0, 0.05) is 19.6 Å². The molecule has 0 aromatic rings. The minimum atomic E-state index is -0.0350. The Labute approximate surface area is 125 Å². The maximum Gasteiger partial charge on any atom is 0.224 e. The first-order chi connectivity index (χ1) is 9.20. The molecule has 3 heterocycles. The fourth-order valence-electron chi connectivity index (χ4n) is 2.46. The van der Waals surface area contributed by atoms with Crippen LogP contribution < -0.4 is 5.73 Å². The minimum absolute atomic E-state index is 0.0188. The van der Waals surface area contributed by atoms with Crippen molar-refractivity contribution in [1.29, 1.82) is 0 Å². The normalized spacial score (nSPS) is 30.7. The number of nitrogens with zero attached hydrogens (tertiary/aromatic N) is 5. The van der Waals surface area contributed by atoms with Crippen molar-refractivity contribution >= 4 is 38.1 Å². The van der Waals surface area contributed by atoms with E-state index in [1.807, 2.05) is 5.01 Å². The molecule has 1 saturated heterocycles. The molecule has 2 N–H and O–H groups in total. The zero-order chi connectivity index (χ0) is 13.4. The van der Waals surface area contributed by atoms with Gasteiger partial charge in [0.05, 0.1) is 13.2 Å². The van der Waals surface area contributed by atoms with E-state index in [0.29, 0.717) is 19.0 Å². The Morgan fingerprint density at radius 1 is 1.42 bits per heavy atom. The number of rotatable bonds is 1. The summed E-state index contributed by atoms with van der Waals surface area (Å²) in [6, 6.07) is 0. The molecular weight excluding hydrogens is 359 g/mol. The number of guanidine groups is 1. The lowest BCUT2D eigenvalue weighted by Gasteiger charge is -2.33. The predicted octanol–water partition coefficient (Wildman–Crippen LogP) is 0.0717. The highest BCUT2D eigenvalue weighted by molar-refractivity contribution is 14.1. The summed E-state index contributed by atoms with van der Waals surface area (Å²) in [6.07, 6.45) is -0.0350. The third-order valence-corrected chi connectivity index (χ3v) is 4.38. The average Bonchev–Trinajstić information content (AvgIpc) is 2.76. The van der Waals surface area contributed by atoms with Gasteiger partial charge >= 0.3 is 0 Å². The number of hydrogen-bond acceptors (Lipinski definition) is 7. The molecule has 19 heavy (non-hydrogen) atoms. The van der Waals surface area contributed by atoms with Gasteiger partial charge in [0.15, 0.2) is 6.17 Å². The zero-order valence-corrected chi connectivity index (χ0v) is 12.9. The fourth-order valence-corrected chi connectivity index (χ4v) is 3.38. The van der Waals surface area contributed by atoms with Gasteiger partial charge < -0.3 is 15.4 Å². The molecule has 3 aliphatic heterocycles. The van der Waals surface area contributed by atoms with Crippen molar-refractivity contribution in [2.75, 3.05) is 32.8 Å². The molecule has 0 spiro atoms. The maximum atomic E-state index is 6.12. The van der Waals surface area contributed by atoms with Crippen LogP contribution in [0.5, 0.6) is 0 Å². The van der Waals surface area contributed by atoms with Crippen LogP contribution in [0.2, 0.25) is 0 Å². The number of amidine groups is 1. The molecule has 0 aromatic carbocycles. The van der Waals surface area contributed by atoms with E-state index in [-0.39, 0.29) is 12.1 Å². The number of aliphatic imine (C=N–C) groups is 2. The van der Waals surface area contributed by atoms with Gasteiger partial charge in [0.25, 0.3) is 0 Å². The SMILES string of the molecule is CCN1N=C(I)C2C(N)=NC(N3CCOCC3)=NC21. The molecule has 7 nitrogen and oxygen atoms in total. The van der Waals surface area contributed by atoms with Crippen molar-refractivity contribution in [3.8, 4) is 0 Å². The van der Waals surface area contributed by atoms with Crippen molar-refractivity contribution in [2.45, 2.75) is 13.1 Å². The molecule has 2 unspecified atom stereocenters. The number of hydrazone groups is 1. The Bertz CT molecular complexity index is 456. The van der Waals surface area contributed by atoms with Gasteiger partial charge in [-0.2, -0.15) is 10.1 Å². The van der Waals surface area contributed by atoms with Crippen LogP contribution in [0.15, 0.2) is 15.1 Å². The Morgan fingerprint density at radius 3 is 2.84 bits per heavy atom. The average molecular weight is 376 g/mol.